The molecule has 114 valence electrons. The van der Waals surface area contributed by atoms with Crippen molar-refractivity contribution < 1.29 is 9.59 Å². The molecule has 0 atom stereocenters. The summed E-state index contributed by atoms with van der Waals surface area (Å²) in [7, 11) is 0. The fraction of sp³-hybridized carbons (Fsp3) is 0.200. The third-order valence-corrected chi connectivity index (χ3v) is 5.12. The average molecular weight is 400 g/mol. The highest BCUT2D eigenvalue weighted by Crippen LogP contribution is 2.26. The Morgan fingerprint density at radius 1 is 1.18 bits per heavy atom. The minimum atomic E-state index is -0.207. The van der Waals surface area contributed by atoms with Crippen LogP contribution in [0.4, 0.5) is 5.69 Å². The average Bonchev–Trinajstić information content (AvgIpc) is 3.16. The van der Waals surface area contributed by atoms with E-state index in [0.717, 1.165) is 16.6 Å². The summed E-state index contributed by atoms with van der Waals surface area (Å²) in [5.74, 6) is -0.380. The molecular weight excluding hydrogens is 388 g/mol. The molecule has 0 bridgehead atoms. The Kier molecular flexibility index (Phi) is 4.52. The number of thiophene rings is 1. The van der Waals surface area contributed by atoms with E-state index in [2.05, 4.69) is 26.6 Å². The van der Waals surface area contributed by atoms with Crippen LogP contribution in [0.5, 0.6) is 0 Å². The molecule has 1 aromatic heterocycles. The van der Waals surface area contributed by atoms with E-state index >= 15 is 0 Å². The Morgan fingerprint density at radius 3 is 2.55 bits per heavy atom. The number of halogens is 2. The molecule has 1 aliphatic rings. The summed E-state index contributed by atoms with van der Waals surface area (Å²) in [5, 5.41) is 5.97. The van der Waals surface area contributed by atoms with Crippen LogP contribution in [0.25, 0.3) is 0 Å². The zero-order chi connectivity index (χ0) is 15.7. The summed E-state index contributed by atoms with van der Waals surface area (Å²) in [6.45, 7) is 0. The quantitative estimate of drug-likeness (QED) is 0.805. The molecule has 2 aromatic rings. The van der Waals surface area contributed by atoms with Crippen LogP contribution in [0.1, 0.15) is 32.9 Å². The van der Waals surface area contributed by atoms with Crippen molar-refractivity contribution in [2.75, 3.05) is 5.32 Å². The van der Waals surface area contributed by atoms with Crippen molar-refractivity contribution in [1.82, 2.24) is 5.32 Å². The molecule has 1 aliphatic carbocycles. The van der Waals surface area contributed by atoms with Gasteiger partial charge in [-0.2, -0.15) is 0 Å². The smallest absolute Gasteiger partial charge is 0.265 e. The molecule has 0 spiro atoms. The minimum Gasteiger partial charge on any atom is -0.349 e. The van der Waals surface area contributed by atoms with E-state index < -0.39 is 0 Å². The van der Waals surface area contributed by atoms with Gasteiger partial charge in [0, 0.05) is 11.7 Å². The molecule has 0 unspecified atom stereocenters. The van der Waals surface area contributed by atoms with Crippen LogP contribution in [0.15, 0.2) is 34.1 Å². The van der Waals surface area contributed by atoms with Crippen LogP contribution < -0.4 is 10.6 Å². The van der Waals surface area contributed by atoms with Gasteiger partial charge >= 0.3 is 0 Å². The van der Waals surface area contributed by atoms with Crippen molar-refractivity contribution in [3.8, 4) is 0 Å². The molecule has 0 aliphatic heterocycles. The largest absolute Gasteiger partial charge is 0.349 e. The van der Waals surface area contributed by atoms with Crippen LogP contribution in [0.3, 0.4) is 0 Å². The van der Waals surface area contributed by atoms with Crippen molar-refractivity contribution in [2.24, 2.45) is 0 Å². The Balaban J connectivity index is 1.71. The first kappa shape index (κ1) is 15.5. The number of anilines is 1. The van der Waals surface area contributed by atoms with Crippen molar-refractivity contribution >= 4 is 56.4 Å². The summed E-state index contributed by atoms with van der Waals surface area (Å²) < 4.78 is 0.891. The lowest BCUT2D eigenvalue weighted by Crippen LogP contribution is -2.25. The standard InChI is InChI=1S/C15H12BrClN2O2S/c16-13-6-5-12(22-13)15(21)19-9-3-4-10(11(17)7-9)14(20)18-8-1-2-8/h3-8H,1-2H2,(H,18,20)(H,19,21). The lowest BCUT2D eigenvalue weighted by Gasteiger charge is -2.08. The Labute approximate surface area is 145 Å². The molecule has 0 saturated heterocycles. The van der Waals surface area contributed by atoms with E-state index in [1.165, 1.54) is 11.3 Å². The number of hydrogen-bond donors (Lipinski definition) is 2. The summed E-state index contributed by atoms with van der Waals surface area (Å²) in [6, 6.07) is 8.72. The monoisotopic (exact) mass is 398 g/mol. The number of hydrogen-bond acceptors (Lipinski definition) is 3. The third-order valence-electron chi connectivity index (χ3n) is 3.18. The lowest BCUT2D eigenvalue weighted by atomic mass is 10.2. The second-order valence-corrected chi connectivity index (χ2v) is 7.87. The van der Waals surface area contributed by atoms with Gasteiger partial charge in [-0.15, -0.1) is 11.3 Å². The second kappa shape index (κ2) is 6.40. The van der Waals surface area contributed by atoms with Crippen molar-refractivity contribution in [3.05, 3.63) is 49.6 Å². The Hall–Kier alpha value is -1.37. The van der Waals surface area contributed by atoms with E-state index in [4.69, 9.17) is 11.6 Å². The molecule has 7 heteroatoms. The highest BCUT2D eigenvalue weighted by molar-refractivity contribution is 9.11. The van der Waals surface area contributed by atoms with Gasteiger partial charge < -0.3 is 10.6 Å². The lowest BCUT2D eigenvalue weighted by molar-refractivity contribution is 0.0950. The maximum atomic E-state index is 12.1. The topological polar surface area (TPSA) is 58.2 Å². The van der Waals surface area contributed by atoms with Gasteiger partial charge in [-0.1, -0.05) is 11.6 Å². The number of benzene rings is 1. The van der Waals surface area contributed by atoms with E-state index in [-0.39, 0.29) is 17.9 Å². The van der Waals surface area contributed by atoms with Crippen LogP contribution in [-0.2, 0) is 0 Å². The fourth-order valence-corrected chi connectivity index (χ4v) is 3.44. The fourth-order valence-electron chi connectivity index (χ4n) is 1.90. The highest BCUT2D eigenvalue weighted by atomic mass is 79.9. The van der Waals surface area contributed by atoms with Crippen LogP contribution in [-0.4, -0.2) is 17.9 Å². The molecule has 22 heavy (non-hydrogen) atoms. The number of nitrogens with one attached hydrogen (secondary N) is 2. The predicted octanol–water partition coefficient (Wildman–Crippen LogP) is 4.31. The van der Waals surface area contributed by atoms with Gasteiger partial charge in [0.15, 0.2) is 0 Å². The Morgan fingerprint density at radius 2 is 1.95 bits per heavy atom. The van der Waals surface area contributed by atoms with Gasteiger partial charge in [-0.3, -0.25) is 9.59 Å². The normalized spacial score (nSPS) is 13.7. The minimum absolute atomic E-state index is 0.174. The van der Waals surface area contributed by atoms with Crippen LogP contribution in [0.2, 0.25) is 5.02 Å². The molecule has 4 nitrogen and oxygen atoms in total. The number of amides is 2. The molecule has 2 N–H and O–H groups in total. The summed E-state index contributed by atoms with van der Waals surface area (Å²) in [5.41, 5.74) is 0.980. The summed E-state index contributed by atoms with van der Waals surface area (Å²) in [4.78, 5) is 24.7. The van der Waals surface area contributed by atoms with Gasteiger partial charge in [0.2, 0.25) is 0 Å². The van der Waals surface area contributed by atoms with Gasteiger partial charge in [0.25, 0.3) is 11.8 Å². The first-order chi connectivity index (χ1) is 10.5. The first-order valence-corrected chi connectivity index (χ1v) is 8.69. The maximum Gasteiger partial charge on any atom is 0.265 e. The predicted molar refractivity (Wildman–Crippen MR) is 91.9 cm³/mol. The van der Waals surface area contributed by atoms with Crippen molar-refractivity contribution in [3.63, 3.8) is 0 Å². The second-order valence-electron chi connectivity index (χ2n) is 5.00. The third kappa shape index (κ3) is 3.69. The van der Waals surface area contributed by atoms with Gasteiger partial charge in [0.05, 0.1) is 19.2 Å². The summed E-state index contributed by atoms with van der Waals surface area (Å²) >= 11 is 10.8. The Bertz CT molecular complexity index is 743. The maximum absolute atomic E-state index is 12.1. The van der Waals surface area contributed by atoms with Crippen LogP contribution >= 0.6 is 38.9 Å². The van der Waals surface area contributed by atoms with E-state index in [1.54, 1.807) is 24.3 Å². The first-order valence-electron chi connectivity index (χ1n) is 6.70. The highest BCUT2D eigenvalue weighted by Gasteiger charge is 2.24. The molecule has 2 amide bonds. The van der Waals surface area contributed by atoms with Gasteiger partial charge in [-0.05, 0) is 59.1 Å². The molecule has 3 rings (SSSR count). The number of carbonyl (C=O) groups excluding carboxylic acids is 2. The van der Waals surface area contributed by atoms with Gasteiger partial charge in [-0.25, -0.2) is 0 Å². The zero-order valence-electron chi connectivity index (χ0n) is 11.4. The number of rotatable bonds is 4. The molecule has 1 aromatic carbocycles. The van der Waals surface area contributed by atoms with E-state index in [9.17, 15) is 9.59 Å². The van der Waals surface area contributed by atoms with Gasteiger partial charge in [0.1, 0.15) is 0 Å². The molecule has 0 radical (unpaired) electrons. The zero-order valence-corrected chi connectivity index (χ0v) is 14.5. The molecule has 1 fully saturated rings. The molecule has 1 saturated carbocycles. The van der Waals surface area contributed by atoms with E-state index in [0.29, 0.717) is 21.2 Å². The molecule has 1 heterocycles. The van der Waals surface area contributed by atoms with E-state index in [1.807, 2.05) is 6.07 Å². The SMILES string of the molecule is O=C(Nc1ccc(C(=O)NC2CC2)c(Cl)c1)c1ccc(Br)s1. The number of carbonyl (C=O) groups is 2. The summed E-state index contributed by atoms with van der Waals surface area (Å²) in [6.07, 6.45) is 2.04. The van der Waals surface area contributed by atoms with Crippen molar-refractivity contribution in [2.45, 2.75) is 18.9 Å². The molecular formula is C15H12BrClN2O2S. The van der Waals surface area contributed by atoms with Crippen molar-refractivity contribution in [1.29, 1.82) is 0 Å². The van der Waals surface area contributed by atoms with Crippen LogP contribution in [0, 0.1) is 0 Å².